The van der Waals surface area contributed by atoms with E-state index in [9.17, 15) is 14.4 Å². The van der Waals surface area contributed by atoms with Gasteiger partial charge in [-0.2, -0.15) is 0 Å². The molecule has 2 N–H and O–H groups in total. The van der Waals surface area contributed by atoms with E-state index in [4.69, 9.17) is 5.73 Å². The molecule has 3 aromatic carbocycles. The Kier molecular flexibility index (Phi) is 5.46. The van der Waals surface area contributed by atoms with Crippen LogP contribution in [0.2, 0.25) is 0 Å². The molecule has 4 amide bonds. The van der Waals surface area contributed by atoms with Gasteiger partial charge in [0.2, 0.25) is 11.8 Å². The lowest BCUT2D eigenvalue weighted by Gasteiger charge is -2.52. The molecule has 5 rings (SSSR count). The van der Waals surface area contributed by atoms with Crippen molar-refractivity contribution in [1.29, 1.82) is 0 Å². The number of benzene rings is 3. The molecule has 7 nitrogen and oxygen atoms in total. The van der Waals surface area contributed by atoms with Crippen molar-refractivity contribution in [3.8, 4) is 0 Å². The first kappa shape index (κ1) is 21.0. The van der Waals surface area contributed by atoms with E-state index < -0.39 is 18.2 Å². The molecule has 2 atom stereocenters. The summed E-state index contributed by atoms with van der Waals surface area (Å²) < 4.78 is 0. The quantitative estimate of drug-likeness (QED) is 0.674. The number of hydrogen-bond acceptors (Lipinski definition) is 3. The molecule has 33 heavy (non-hydrogen) atoms. The second kappa shape index (κ2) is 8.58. The maximum Gasteiger partial charge on any atom is 0.316 e. The van der Waals surface area contributed by atoms with Gasteiger partial charge >= 0.3 is 6.03 Å². The molecule has 0 bridgehead atoms. The van der Waals surface area contributed by atoms with Crippen LogP contribution < -0.4 is 5.73 Å². The van der Waals surface area contributed by atoms with Gasteiger partial charge in [0.1, 0.15) is 12.2 Å². The number of carbonyl (C=O) groups is 3. The Bertz CT molecular complexity index is 1210. The molecule has 3 aromatic rings. The van der Waals surface area contributed by atoms with E-state index >= 15 is 0 Å². The molecule has 2 aliphatic rings. The minimum absolute atomic E-state index is 0.109. The predicted octanol–water partition coefficient (Wildman–Crippen LogP) is 2.73. The summed E-state index contributed by atoms with van der Waals surface area (Å²) in [6.07, 6.45) is -0.00726. The van der Waals surface area contributed by atoms with Gasteiger partial charge < -0.3 is 20.4 Å². The third kappa shape index (κ3) is 3.91. The van der Waals surface area contributed by atoms with Crippen LogP contribution in [0.3, 0.4) is 0 Å². The van der Waals surface area contributed by atoms with Gasteiger partial charge in [-0.05, 0) is 21.9 Å². The first-order valence-electron chi connectivity index (χ1n) is 11.2. The van der Waals surface area contributed by atoms with E-state index in [1.165, 1.54) is 4.90 Å². The number of fused-ring (bicyclic) bond motifs is 2. The highest BCUT2D eigenvalue weighted by Crippen LogP contribution is 2.29. The Hall–Kier alpha value is -3.87. The summed E-state index contributed by atoms with van der Waals surface area (Å²) in [5.41, 5.74) is 7.66. The minimum atomic E-state index is -0.684. The highest BCUT2D eigenvalue weighted by atomic mass is 16.2. The molecule has 7 heteroatoms. The third-order valence-corrected chi connectivity index (χ3v) is 6.65. The number of piperazine rings is 1. The molecule has 0 spiro atoms. The largest absolute Gasteiger partial charge is 0.351 e. The van der Waals surface area contributed by atoms with Crippen LogP contribution >= 0.6 is 0 Å². The van der Waals surface area contributed by atoms with Crippen molar-refractivity contribution in [3.63, 3.8) is 0 Å². The zero-order chi connectivity index (χ0) is 22.9. The van der Waals surface area contributed by atoms with Crippen LogP contribution in [0.4, 0.5) is 4.79 Å². The minimum Gasteiger partial charge on any atom is -0.351 e. The van der Waals surface area contributed by atoms with Gasteiger partial charge in [-0.15, -0.1) is 0 Å². The first-order chi connectivity index (χ1) is 16.0. The normalized spacial score (nSPS) is 20.8. The molecule has 2 fully saturated rings. The summed E-state index contributed by atoms with van der Waals surface area (Å²) in [4.78, 5) is 43.8. The van der Waals surface area contributed by atoms with Gasteiger partial charge in [0.15, 0.2) is 0 Å². The van der Waals surface area contributed by atoms with E-state index in [-0.39, 0.29) is 31.3 Å². The smallest absolute Gasteiger partial charge is 0.316 e. The Morgan fingerprint density at radius 1 is 0.939 bits per heavy atom. The lowest BCUT2D eigenvalue weighted by molar-refractivity contribution is -0.167. The summed E-state index contributed by atoms with van der Waals surface area (Å²) >= 11 is 0. The summed E-state index contributed by atoms with van der Waals surface area (Å²) in [5.74, 6) is -0.223. The number of primary amides is 1. The molecule has 168 valence electrons. The van der Waals surface area contributed by atoms with Gasteiger partial charge in [-0.1, -0.05) is 72.8 Å². The summed E-state index contributed by atoms with van der Waals surface area (Å²) in [6.45, 7) is 0.905. The maximum absolute atomic E-state index is 13.7. The SMILES string of the molecule is NC(=O)N1CCC(=O)N2C1CN(Cc1cccc3ccccc13)C(=O)[C@@H]2Cc1ccccc1. The zero-order valence-corrected chi connectivity index (χ0v) is 18.3. The Morgan fingerprint density at radius 2 is 1.67 bits per heavy atom. The number of urea groups is 1. The van der Waals surface area contributed by atoms with Gasteiger partial charge in [0, 0.05) is 25.9 Å². The van der Waals surface area contributed by atoms with E-state index in [1.54, 1.807) is 9.80 Å². The molecule has 1 unspecified atom stereocenters. The fourth-order valence-electron chi connectivity index (χ4n) is 5.05. The van der Waals surface area contributed by atoms with Crippen molar-refractivity contribution in [3.05, 3.63) is 83.9 Å². The average Bonchev–Trinajstić information content (AvgIpc) is 2.82. The fraction of sp³-hybridized carbons (Fsp3) is 0.269. The van der Waals surface area contributed by atoms with Crippen molar-refractivity contribution in [2.45, 2.75) is 31.6 Å². The number of rotatable bonds is 4. The highest BCUT2D eigenvalue weighted by Gasteiger charge is 2.48. The lowest BCUT2D eigenvalue weighted by atomic mass is 9.96. The molecule has 0 aromatic heterocycles. The zero-order valence-electron chi connectivity index (χ0n) is 18.3. The van der Waals surface area contributed by atoms with Crippen molar-refractivity contribution in [2.75, 3.05) is 13.1 Å². The number of amides is 4. The maximum atomic E-state index is 13.7. The summed E-state index contributed by atoms with van der Waals surface area (Å²) in [7, 11) is 0. The van der Waals surface area contributed by atoms with Crippen molar-refractivity contribution in [2.24, 2.45) is 5.73 Å². The fourth-order valence-corrected chi connectivity index (χ4v) is 5.05. The monoisotopic (exact) mass is 442 g/mol. The molecular weight excluding hydrogens is 416 g/mol. The number of carbonyl (C=O) groups excluding carboxylic acids is 3. The summed E-state index contributed by atoms with van der Waals surface area (Å²) in [6, 6.07) is 22.5. The molecule has 2 aliphatic heterocycles. The van der Waals surface area contributed by atoms with Crippen molar-refractivity contribution >= 4 is 28.6 Å². The van der Waals surface area contributed by atoms with Gasteiger partial charge in [0.25, 0.3) is 0 Å². The molecule has 0 saturated carbocycles. The van der Waals surface area contributed by atoms with Crippen LogP contribution in [-0.4, -0.2) is 57.8 Å². The van der Waals surface area contributed by atoms with Crippen LogP contribution in [0.25, 0.3) is 10.8 Å². The number of nitrogens with zero attached hydrogens (tertiary/aromatic N) is 3. The standard InChI is InChI=1S/C26H26N4O3/c27-26(33)29-14-13-24(31)30-22(15-18-7-2-1-3-8-18)25(32)28(17-23(29)30)16-20-11-6-10-19-9-4-5-12-21(19)20/h1-12,22-23H,13-17H2,(H2,27,33)/t22-,23?/m0/s1. The summed E-state index contributed by atoms with van der Waals surface area (Å²) in [5, 5.41) is 2.19. The second-order valence-electron chi connectivity index (χ2n) is 8.63. The van der Waals surface area contributed by atoms with Crippen LogP contribution in [0, 0.1) is 0 Å². The Morgan fingerprint density at radius 3 is 2.45 bits per heavy atom. The number of hydrogen-bond donors (Lipinski definition) is 1. The molecular formula is C26H26N4O3. The molecule has 2 saturated heterocycles. The van der Waals surface area contributed by atoms with Crippen LogP contribution in [0.5, 0.6) is 0 Å². The topological polar surface area (TPSA) is 86.9 Å². The van der Waals surface area contributed by atoms with Crippen LogP contribution in [0.1, 0.15) is 17.5 Å². The van der Waals surface area contributed by atoms with Gasteiger partial charge in [-0.25, -0.2) is 4.79 Å². The third-order valence-electron chi connectivity index (χ3n) is 6.65. The number of nitrogens with two attached hydrogens (primary N) is 1. The van der Waals surface area contributed by atoms with E-state index in [1.807, 2.05) is 72.8 Å². The second-order valence-corrected chi connectivity index (χ2v) is 8.63. The van der Waals surface area contributed by atoms with E-state index in [0.717, 1.165) is 21.9 Å². The molecule has 0 aliphatic carbocycles. The lowest BCUT2D eigenvalue weighted by Crippen LogP contribution is -2.72. The average molecular weight is 443 g/mol. The van der Waals surface area contributed by atoms with Crippen LogP contribution in [0.15, 0.2) is 72.8 Å². The predicted molar refractivity (Wildman–Crippen MR) is 125 cm³/mol. The van der Waals surface area contributed by atoms with Crippen molar-refractivity contribution < 1.29 is 14.4 Å². The highest BCUT2D eigenvalue weighted by molar-refractivity contribution is 5.92. The van der Waals surface area contributed by atoms with E-state index in [2.05, 4.69) is 0 Å². The van der Waals surface area contributed by atoms with Gasteiger partial charge in [0.05, 0.1) is 6.54 Å². The first-order valence-corrected chi connectivity index (χ1v) is 11.2. The van der Waals surface area contributed by atoms with Crippen LogP contribution in [-0.2, 0) is 22.6 Å². The van der Waals surface area contributed by atoms with Crippen molar-refractivity contribution in [1.82, 2.24) is 14.7 Å². The van der Waals surface area contributed by atoms with E-state index in [0.29, 0.717) is 13.0 Å². The Balaban J connectivity index is 1.52. The molecule has 0 radical (unpaired) electrons. The molecule has 2 heterocycles. The Labute approximate surface area is 192 Å². The van der Waals surface area contributed by atoms with Gasteiger partial charge in [-0.3, -0.25) is 9.59 Å².